The molecule has 2 rings (SSSR count). The maximum atomic E-state index is 11.3. The Kier molecular flexibility index (Phi) is 2.64. The van der Waals surface area contributed by atoms with Gasteiger partial charge in [0.25, 0.3) is 0 Å². The van der Waals surface area contributed by atoms with Crippen LogP contribution in [-0.2, 0) is 4.79 Å². The molecule has 0 radical (unpaired) electrons. The highest BCUT2D eigenvalue weighted by Gasteiger charge is 2.17. The van der Waals surface area contributed by atoms with E-state index in [1.807, 2.05) is 17.0 Å². The molecule has 1 aliphatic heterocycles. The van der Waals surface area contributed by atoms with E-state index in [0.717, 1.165) is 18.7 Å². The van der Waals surface area contributed by atoms with Gasteiger partial charge in [-0.25, -0.2) is 4.98 Å². The summed E-state index contributed by atoms with van der Waals surface area (Å²) in [5, 5.41) is 8.71. The summed E-state index contributed by atoms with van der Waals surface area (Å²) in [4.78, 5) is 17.2. The molecule has 1 saturated heterocycles. The van der Waals surface area contributed by atoms with Gasteiger partial charge in [-0.1, -0.05) is 0 Å². The molecule has 0 atom stereocenters. The molecule has 2 heterocycles. The van der Waals surface area contributed by atoms with Crippen molar-refractivity contribution < 1.29 is 4.79 Å². The van der Waals surface area contributed by atoms with Gasteiger partial charge in [-0.05, 0) is 18.6 Å². The first kappa shape index (κ1) is 9.66. The van der Waals surface area contributed by atoms with Crippen molar-refractivity contribution >= 4 is 11.5 Å². The number of nitriles is 1. The van der Waals surface area contributed by atoms with Gasteiger partial charge in [-0.15, -0.1) is 0 Å². The second-order valence-electron chi connectivity index (χ2n) is 3.57. The third kappa shape index (κ3) is 2.13. The minimum Gasteiger partial charge on any atom is -0.364 e. The lowest BCUT2D eigenvalue weighted by atomic mass is 10.1. The fraction of sp³-hybridized carbons (Fsp3) is 0.364. The molecule has 1 aromatic rings. The predicted molar refractivity (Wildman–Crippen MR) is 55.4 cm³/mol. The summed E-state index contributed by atoms with van der Waals surface area (Å²) >= 11 is 0. The highest BCUT2D eigenvalue weighted by molar-refractivity contribution is 5.84. The number of pyridine rings is 1. The topological polar surface area (TPSA) is 57.0 Å². The highest BCUT2D eigenvalue weighted by Crippen LogP contribution is 2.18. The van der Waals surface area contributed by atoms with Crippen molar-refractivity contribution in [1.29, 1.82) is 5.26 Å². The molecule has 1 aliphatic rings. The van der Waals surface area contributed by atoms with Crippen LogP contribution >= 0.6 is 0 Å². The fourth-order valence-electron chi connectivity index (χ4n) is 1.74. The number of rotatable bonds is 1. The van der Waals surface area contributed by atoms with E-state index in [1.54, 1.807) is 12.3 Å². The molecule has 0 bridgehead atoms. The average Bonchev–Trinajstić information content (AvgIpc) is 2.29. The summed E-state index contributed by atoms with van der Waals surface area (Å²) in [7, 11) is 0. The number of carbonyl (C=O) groups is 1. The molecule has 4 nitrogen and oxygen atoms in total. The lowest BCUT2D eigenvalue weighted by Gasteiger charge is -2.27. The number of carbonyl (C=O) groups excluding carboxylic acids is 1. The van der Waals surface area contributed by atoms with E-state index in [9.17, 15) is 4.79 Å². The molecular formula is C11H11N3O. The Balaban J connectivity index is 2.21. The Morgan fingerprint density at radius 3 is 3.13 bits per heavy atom. The van der Waals surface area contributed by atoms with Gasteiger partial charge in [0.2, 0.25) is 0 Å². The van der Waals surface area contributed by atoms with Crippen LogP contribution in [0.2, 0.25) is 0 Å². The first-order chi connectivity index (χ1) is 7.29. The zero-order valence-electron chi connectivity index (χ0n) is 8.31. The number of piperidine rings is 1. The molecule has 1 aromatic heterocycles. The van der Waals surface area contributed by atoms with E-state index in [-0.39, 0.29) is 5.78 Å². The van der Waals surface area contributed by atoms with Crippen molar-refractivity contribution in [1.82, 2.24) is 4.98 Å². The van der Waals surface area contributed by atoms with E-state index in [1.165, 1.54) is 0 Å². The Labute approximate surface area is 88.1 Å². The van der Waals surface area contributed by atoms with Crippen molar-refractivity contribution in [3.8, 4) is 6.07 Å². The number of ketones is 1. The summed E-state index contributed by atoms with van der Waals surface area (Å²) in [5.74, 6) is 0.261. The van der Waals surface area contributed by atoms with Crippen molar-refractivity contribution in [3.63, 3.8) is 0 Å². The summed E-state index contributed by atoms with van der Waals surface area (Å²) in [6.07, 6.45) is 3.17. The first-order valence-electron chi connectivity index (χ1n) is 4.92. The number of aromatic nitrogens is 1. The van der Waals surface area contributed by atoms with E-state index >= 15 is 0 Å². The molecule has 76 valence electrons. The number of hydrogen-bond acceptors (Lipinski definition) is 4. The maximum Gasteiger partial charge on any atom is 0.152 e. The van der Waals surface area contributed by atoms with E-state index < -0.39 is 0 Å². The third-order valence-corrected chi connectivity index (χ3v) is 2.47. The van der Waals surface area contributed by atoms with Gasteiger partial charge in [0, 0.05) is 24.8 Å². The van der Waals surface area contributed by atoms with E-state index in [0.29, 0.717) is 18.7 Å². The van der Waals surface area contributed by atoms with Crippen LogP contribution in [0.5, 0.6) is 0 Å². The zero-order chi connectivity index (χ0) is 10.7. The summed E-state index contributed by atoms with van der Waals surface area (Å²) in [5.41, 5.74) is 1.31. The molecular weight excluding hydrogens is 190 g/mol. The van der Waals surface area contributed by atoms with Crippen LogP contribution < -0.4 is 4.90 Å². The fourth-order valence-corrected chi connectivity index (χ4v) is 1.74. The van der Waals surface area contributed by atoms with Crippen LogP contribution in [0.25, 0.3) is 0 Å². The third-order valence-electron chi connectivity index (χ3n) is 2.47. The van der Waals surface area contributed by atoms with Crippen LogP contribution in [0.1, 0.15) is 18.5 Å². The smallest absolute Gasteiger partial charge is 0.152 e. The second-order valence-corrected chi connectivity index (χ2v) is 3.57. The molecule has 0 aliphatic carbocycles. The predicted octanol–water partition coefficient (Wildman–Crippen LogP) is 1.12. The van der Waals surface area contributed by atoms with Crippen molar-refractivity contribution in [2.75, 3.05) is 18.0 Å². The zero-order valence-corrected chi connectivity index (χ0v) is 8.31. The normalized spacial score (nSPS) is 16.2. The molecule has 0 amide bonds. The van der Waals surface area contributed by atoms with Crippen LogP contribution in [0.15, 0.2) is 18.3 Å². The maximum absolute atomic E-state index is 11.3. The largest absolute Gasteiger partial charge is 0.364 e. The first-order valence-corrected chi connectivity index (χ1v) is 4.92. The minimum absolute atomic E-state index is 0.261. The van der Waals surface area contributed by atoms with Gasteiger partial charge >= 0.3 is 0 Å². The van der Waals surface area contributed by atoms with Crippen LogP contribution in [-0.4, -0.2) is 23.9 Å². The van der Waals surface area contributed by atoms with Gasteiger partial charge in [0.1, 0.15) is 11.8 Å². The van der Waals surface area contributed by atoms with Gasteiger partial charge in [0.05, 0.1) is 6.54 Å². The quantitative estimate of drug-likeness (QED) is 0.683. The summed E-state index contributed by atoms with van der Waals surface area (Å²) in [6, 6.07) is 5.55. The molecule has 0 saturated carbocycles. The molecule has 4 heteroatoms. The van der Waals surface area contributed by atoms with Gasteiger partial charge < -0.3 is 4.90 Å². The van der Waals surface area contributed by atoms with E-state index in [4.69, 9.17) is 5.26 Å². The second kappa shape index (κ2) is 4.09. The number of anilines is 1. The average molecular weight is 201 g/mol. The monoisotopic (exact) mass is 201 g/mol. The molecule has 0 N–H and O–H groups in total. The molecule has 0 aromatic carbocycles. The Bertz CT molecular complexity index is 422. The summed E-state index contributed by atoms with van der Waals surface area (Å²) < 4.78 is 0. The number of Topliss-reactive ketones (excluding diaryl/α,β-unsaturated/α-hetero) is 1. The van der Waals surface area contributed by atoms with Crippen molar-refractivity contribution in [3.05, 3.63) is 24.0 Å². The molecule has 15 heavy (non-hydrogen) atoms. The SMILES string of the molecule is N#Cc1cc(N2CCCC(=O)C2)ccn1. The Morgan fingerprint density at radius 2 is 2.40 bits per heavy atom. The van der Waals surface area contributed by atoms with Crippen molar-refractivity contribution in [2.45, 2.75) is 12.8 Å². The lowest BCUT2D eigenvalue weighted by Crippen LogP contribution is -2.35. The van der Waals surface area contributed by atoms with Crippen molar-refractivity contribution in [2.24, 2.45) is 0 Å². The van der Waals surface area contributed by atoms with Gasteiger partial charge in [0.15, 0.2) is 5.78 Å². The Morgan fingerprint density at radius 1 is 1.53 bits per heavy atom. The lowest BCUT2D eigenvalue weighted by molar-refractivity contribution is -0.118. The van der Waals surface area contributed by atoms with E-state index in [2.05, 4.69) is 4.98 Å². The number of hydrogen-bond donors (Lipinski definition) is 0. The molecule has 0 spiro atoms. The van der Waals surface area contributed by atoms with Crippen LogP contribution in [0.4, 0.5) is 5.69 Å². The molecule has 1 fully saturated rings. The highest BCUT2D eigenvalue weighted by atomic mass is 16.1. The van der Waals surface area contributed by atoms with Crippen LogP contribution in [0.3, 0.4) is 0 Å². The van der Waals surface area contributed by atoms with Crippen LogP contribution in [0, 0.1) is 11.3 Å². The standard InChI is InChI=1S/C11H11N3O/c12-7-9-6-10(3-4-13-9)14-5-1-2-11(15)8-14/h3-4,6H,1-2,5,8H2. The minimum atomic E-state index is 0.261. The summed E-state index contributed by atoms with van der Waals surface area (Å²) in [6.45, 7) is 1.33. The number of nitrogens with zero attached hydrogens (tertiary/aromatic N) is 3. The van der Waals surface area contributed by atoms with Gasteiger partial charge in [-0.3, -0.25) is 4.79 Å². The Hall–Kier alpha value is -1.89. The van der Waals surface area contributed by atoms with Gasteiger partial charge in [-0.2, -0.15) is 5.26 Å². The molecule has 0 unspecified atom stereocenters.